The van der Waals surface area contributed by atoms with Crippen molar-refractivity contribution in [2.45, 2.75) is 30.7 Å². The van der Waals surface area contributed by atoms with Gasteiger partial charge in [-0.15, -0.1) is 0 Å². The van der Waals surface area contributed by atoms with Crippen molar-refractivity contribution in [3.05, 3.63) is 52.0 Å². The molecule has 0 radical (unpaired) electrons. The first-order chi connectivity index (χ1) is 15.3. The molecule has 10 heteroatoms. The molecule has 0 bridgehead atoms. The quantitative estimate of drug-likeness (QED) is 0.672. The maximum absolute atomic E-state index is 13.1. The molecule has 2 aromatic carbocycles. The summed E-state index contributed by atoms with van der Waals surface area (Å²) in [5.74, 6) is 0.622. The van der Waals surface area contributed by atoms with Crippen LogP contribution >= 0.6 is 23.2 Å². The Morgan fingerprint density at radius 1 is 1.03 bits per heavy atom. The number of rotatable bonds is 5. The number of hydrogen-bond donors (Lipinski definition) is 1. The number of hydrogen-bond acceptors (Lipinski definition) is 5. The van der Waals surface area contributed by atoms with Crippen LogP contribution in [0.25, 0.3) is 0 Å². The Bertz CT molecular complexity index is 1120. The van der Waals surface area contributed by atoms with Gasteiger partial charge in [-0.05, 0) is 49.6 Å². The fourth-order valence-corrected chi connectivity index (χ4v) is 5.68. The van der Waals surface area contributed by atoms with Crippen molar-refractivity contribution in [2.24, 2.45) is 5.92 Å². The highest BCUT2D eigenvalue weighted by atomic mass is 35.5. The van der Waals surface area contributed by atoms with E-state index >= 15 is 0 Å². The predicted molar refractivity (Wildman–Crippen MR) is 122 cm³/mol. The van der Waals surface area contributed by atoms with Gasteiger partial charge in [0, 0.05) is 25.1 Å². The summed E-state index contributed by atoms with van der Waals surface area (Å²) in [6, 6.07) is 9.66. The zero-order chi connectivity index (χ0) is 22.9. The van der Waals surface area contributed by atoms with Gasteiger partial charge in [-0.25, -0.2) is 8.42 Å². The number of carbonyl (C=O) groups excluding carboxylic acids is 1. The lowest BCUT2D eigenvalue weighted by molar-refractivity contribution is -0.126. The second-order valence-electron chi connectivity index (χ2n) is 7.89. The van der Waals surface area contributed by atoms with Crippen LogP contribution in [-0.2, 0) is 14.8 Å². The van der Waals surface area contributed by atoms with Crippen molar-refractivity contribution in [3.8, 4) is 11.5 Å². The van der Waals surface area contributed by atoms with Crippen LogP contribution < -0.4 is 14.8 Å². The molecule has 7 nitrogen and oxygen atoms in total. The number of benzene rings is 2. The summed E-state index contributed by atoms with van der Waals surface area (Å²) < 4.78 is 38.5. The molecule has 0 unspecified atom stereocenters. The van der Waals surface area contributed by atoms with Crippen LogP contribution in [0, 0.1) is 5.92 Å². The maximum Gasteiger partial charge on any atom is 0.243 e. The number of nitrogens with zero attached hydrogens (tertiary/aromatic N) is 1. The van der Waals surface area contributed by atoms with E-state index in [1.165, 1.54) is 16.4 Å². The summed E-state index contributed by atoms with van der Waals surface area (Å²) in [6.07, 6.45) is 0.896. The number of nitrogens with one attached hydrogen (secondary N) is 1. The second kappa shape index (κ2) is 9.47. The number of amides is 1. The minimum absolute atomic E-state index is 0.0973. The van der Waals surface area contributed by atoms with E-state index in [1.54, 1.807) is 18.2 Å². The van der Waals surface area contributed by atoms with Crippen molar-refractivity contribution in [2.75, 3.05) is 26.3 Å². The third-order valence-corrected chi connectivity index (χ3v) is 8.41. The lowest BCUT2D eigenvalue weighted by atomic mass is 9.96. The largest absolute Gasteiger partial charge is 0.486 e. The Balaban J connectivity index is 1.37. The van der Waals surface area contributed by atoms with Crippen LogP contribution in [0.5, 0.6) is 11.5 Å². The molecule has 2 heterocycles. The molecule has 2 aromatic rings. The highest BCUT2D eigenvalue weighted by Crippen LogP contribution is 2.34. The maximum atomic E-state index is 13.1. The van der Waals surface area contributed by atoms with Crippen LogP contribution in [0.1, 0.15) is 31.4 Å². The van der Waals surface area contributed by atoms with Crippen LogP contribution in [0.4, 0.5) is 0 Å². The minimum Gasteiger partial charge on any atom is -0.486 e. The van der Waals surface area contributed by atoms with Gasteiger partial charge in [0.05, 0.1) is 21.0 Å². The molecule has 1 atom stereocenters. The Morgan fingerprint density at radius 2 is 1.72 bits per heavy atom. The SMILES string of the molecule is C[C@H](NC(=O)C1CCN(S(=O)(=O)c2ccc3c(c2)OCCO3)CC1)c1ccc(Cl)c(Cl)c1. The molecule has 4 rings (SSSR count). The molecular weight excluding hydrogens is 475 g/mol. The summed E-state index contributed by atoms with van der Waals surface area (Å²) in [4.78, 5) is 12.9. The van der Waals surface area contributed by atoms with Crippen LogP contribution in [0.3, 0.4) is 0 Å². The van der Waals surface area contributed by atoms with Gasteiger partial charge in [-0.2, -0.15) is 4.31 Å². The van der Waals surface area contributed by atoms with Crippen LogP contribution in [0.2, 0.25) is 10.0 Å². The highest BCUT2D eigenvalue weighted by molar-refractivity contribution is 7.89. The molecule has 0 saturated carbocycles. The molecule has 2 aliphatic heterocycles. The lowest BCUT2D eigenvalue weighted by Crippen LogP contribution is -2.43. The molecule has 1 amide bonds. The zero-order valence-electron chi connectivity index (χ0n) is 17.5. The monoisotopic (exact) mass is 498 g/mol. The first-order valence-corrected chi connectivity index (χ1v) is 12.6. The van der Waals surface area contributed by atoms with Gasteiger partial charge in [0.2, 0.25) is 15.9 Å². The van der Waals surface area contributed by atoms with E-state index in [0.717, 1.165) is 5.56 Å². The zero-order valence-corrected chi connectivity index (χ0v) is 19.8. The van der Waals surface area contributed by atoms with Gasteiger partial charge in [0.1, 0.15) is 13.2 Å². The number of ether oxygens (including phenoxy) is 2. The molecule has 0 spiro atoms. The Labute approximate surface area is 197 Å². The summed E-state index contributed by atoms with van der Waals surface area (Å²) in [7, 11) is -3.68. The van der Waals surface area contributed by atoms with Gasteiger partial charge in [0.15, 0.2) is 11.5 Å². The average molecular weight is 499 g/mol. The van der Waals surface area contributed by atoms with Gasteiger partial charge in [-0.1, -0.05) is 29.3 Å². The van der Waals surface area contributed by atoms with E-state index in [4.69, 9.17) is 32.7 Å². The first kappa shape index (κ1) is 23.2. The molecule has 1 N–H and O–H groups in total. The Kier molecular flexibility index (Phi) is 6.86. The smallest absolute Gasteiger partial charge is 0.243 e. The normalized spacial score (nSPS) is 18.2. The number of halogens is 2. The van der Waals surface area contributed by atoms with E-state index in [2.05, 4.69) is 5.32 Å². The molecule has 1 saturated heterocycles. The molecule has 172 valence electrons. The average Bonchev–Trinajstić information content (AvgIpc) is 2.80. The van der Waals surface area contributed by atoms with Crippen molar-refractivity contribution in [1.82, 2.24) is 9.62 Å². The van der Waals surface area contributed by atoms with Gasteiger partial charge in [0.25, 0.3) is 0 Å². The third-order valence-electron chi connectivity index (χ3n) is 5.78. The summed E-state index contributed by atoms with van der Waals surface area (Å²) in [6.45, 7) is 3.25. The van der Waals surface area contributed by atoms with E-state index in [0.29, 0.717) is 47.6 Å². The van der Waals surface area contributed by atoms with E-state index in [9.17, 15) is 13.2 Å². The summed E-state index contributed by atoms with van der Waals surface area (Å²) in [5, 5.41) is 3.89. The molecular formula is C22H24Cl2N2O5S. The molecule has 1 fully saturated rings. The Hall–Kier alpha value is -2.00. The number of sulfonamides is 1. The number of piperidine rings is 1. The van der Waals surface area contributed by atoms with Gasteiger partial charge < -0.3 is 14.8 Å². The van der Waals surface area contributed by atoms with Gasteiger partial charge in [-0.3, -0.25) is 4.79 Å². The number of fused-ring (bicyclic) bond motifs is 1. The molecule has 2 aliphatic rings. The molecule has 32 heavy (non-hydrogen) atoms. The Morgan fingerprint density at radius 3 is 2.41 bits per heavy atom. The first-order valence-electron chi connectivity index (χ1n) is 10.4. The lowest BCUT2D eigenvalue weighted by Gasteiger charge is -2.31. The van der Waals surface area contributed by atoms with E-state index in [1.807, 2.05) is 13.0 Å². The van der Waals surface area contributed by atoms with Crippen LogP contribution in [-0.4, -0.2) is 44.9 Å². The highest BCUT2D eigenvalue weighted by Gasteiger charge is 2.33. The van der Waals surface area contributed by atoms with Crippen LogP contribution in [0.15, 0.2) is 41.3 Å². The molecule has 0 aliphatic carbocycles. The van der Waals surface area contributed by atoms with Crippen molar-refractivity contribution in [1.29, 1.82) is 0 Å². The summed E-state index contributed by atoms with van der Waals surface area (Å²) in [5.41, 5.74) is 0.853. The summed E-state index contributed by atoms with van der Waals surface area (Å²) >= 11 is 12.0. The molecule has 0 aromatic heterocycles. The fraction of sp³-hybridized carbons (Fsp3) is 0.409. The van der Waals surface area contributed by atoms with Crippen molar-refractivity contribution < 1.29 is 22.7 Å². The third kappa shape index (κ3) is 4.83. The predicted octanol–water partition coefficient (Wildman–Crippen LogP) is 4.04. The second-order valence-corrected chi connectivity index (χ2v) is 10.6. The van der Waals surface area contributed by atoms with E-state index in [-0.39, 0.29) is 35.9 Å². The topological polar surface area (TPSA) is 84.9 Å². The van der Waals surface area contributed by atoms with Crippen molar-refractivity contribution in [3.63, 3.8) is 0 Å². The van der Waals surface area contributed by atoms with Crippen molar-refractivity contribution >= 4 is 39.1 Å². The fourth-order valence-electron chi connectivity index (χ4n) is 3.89. The minimum atomic E-state index is -3.68. The van der Waals surface area contributed by atoms with E-state index < -0.39 is 10.0 Å². The standard InChI is InChI=1S/C22H24Cl2N2O5S/c1-14(16-2-4-18(23)19(24)12-16)25-22(27)15-6-8-26(9-7-15)32(28,29)17-3-5-20-21(13-17)31-11-10-30-20/h2-5,12-15H,6-11H2,1H3,(H,25,27)/t14-/m0/s1. The van der Waals surface area contributed by atoms with Gasteiger partial charge >= 0.3 is 0 Å². The number of carbonyl (C=O) groups is 1.